The molecule has 1 N–H and O–H groups in total. The van der Waals surface area contributed by atoms with Crippen molar-refractivity contribution in [2.45, 2.75) is 25.9 Å². The minimum atomic E-state index is 0.0314. The Kier molecular flexibility index (Phi) is 7.31. The summed E-state index contributed by atoms with van der Waals surface area (Å²) < 4.78 is 13.5. The molecule has 0 spiro atoms. The molecule has 0 amide bonds. The highest BCUT2D eigenvalue weighted by molar-refractivity contribution is 5.80. The number of benzene rings is 1. The van der Waals surface area contributed by atoms with Crippen LogP contribution in [0.4, 0.5) is 0 Å². The lowest BCUT2D eigenvalue weighted by Gasteiger charge is -2.34. The average molecular weight is 386 g/mol. The predicted molar refractivity (Wildman–Crippen MR) is 111 cm³/mol. The van der Waals surface area contributed by atoms with E-state index in [0.717, 1.165) is 56.4 Å². The molecule has 2 heterocycles. The van der Waals surface area contributed by atoms with E-state index in [-0.39, 0.29) is 6.10 Å². The second-order valence-electron chi connectivity index (χ2n) is 7.10. The van der Waals surface area contributed by atoms with Crippen molar-refractivity contribution < 1.29 is 9.47 Å². The maximum atomic E-state index is 5.91. The number of morpholine rings is 1. The zero-order valence-corrected chi connectivity index (χ0v) is 17.1. The molecule has 7 nitrogen and oxygen atoms in total. The summed E-state index contributed by atoms with van der Waals surface area (Å²) in [5.74, 6) is 1.86. The summed E-state index contributed by atoms with van der Waals surface area (Å²) >= 11 is 0. The molecule has 1 aliphatic rings. The van der Waals surface area contributed by atoms with Crippen LogP contribution in [0, 0.1) is 6.92 Å². The number of aliphatic imine (C=N–C) groups is 1. The van der Waals surface area contributed by atoms with Crippen LogP contribution in [0.5, 0.6) is 5.75 Å². The highest BCUT2D eigenvalue weighted by Gasteiger charge is 2.24. The van der Waals surface area contributed by atoms with E-state index in [4.69, 9.17) is 9.47 Å². The average Bonchev–Trinajstić information content (AvgIpc) is 3.15. The summed E-state index contributed by atoms with van der Waals surface area (Å²) in [6.45, 7) is 5.98. The quantitative estimate of drug-likeness (QED) is 0.451. The zero-order valence-electron chi connectivity index (χ0n) is 17.1. The van der Waals surface area contributed by atoms with Gasteiger partial charge in [-0.25, -0.2) is 0 Å². The Morgan fingerprint density at radius 3 is 2.86 bits per heavy atom. The Labute approximate surface area is 167 Å². The molecule has 1 aromatic carbocycles. The fourth-order valence-corrected chi connectivity index (χ4v) is 3.23. The van der Waals surface area contributed by atoms with Gasteiger partial charge in [-0.05, 0) is 31.9 Å². The van der Waals surface area contributed by atoms with Gasteiger partial charge in [0.05, 0.1) is 26.0 Å². The molecule has 1 saturated heterocycles. The molecule has 0 bridgehead atoms. The van der Waals surface area contributed by atoms with E-state index in [1.165, 1.54) is 5.56 Å². The van der Waals surface area contributed by atoms with E-state index in [0.29, 0.717) is 6.61 Å². The van der Waals surface area contributed by atoms with Crippen molar-refractivity contribution in [3.05, 3.63) is 47.8 Å². The van der Waals surface area contributed by atoms with Crippen molar-refractivity contribution in [1.29, 1.82) is 0 Å². The Hall–Kier alpha value is -2.54. The number of guanidine groups is 1. The molecule has 1 aromatic heterocycles. The largest absolute Gasteiger partial charge is 0.494 e. The zero-order chi connectivity index (χ0) is 19.8. The summed E-state index contributed by atoms with van der Waals surface area (Å²) in [6, 6.07) is 8.18. The van der Waals surface area contributed by atoms with E-state index in [2.05, 4.69) is 39.4 Å². The normalized spacial score (nSPS) is 17.6. The van der Waals surface area contributed by atoms with Crippen LogP contribution in [0.15, 0.2) is 41.7 Å². The molecule has 2 aromatic rings. The maximum Gasteiger partial charge on any atom is 0.193 e. The van der Waals surface area contributed by atoms with Gasteiger partial charge in [0.25, 0.3) is 0 Å². The van der Waals surface area contributed by atoms with Gasteiger partial charge in [0, 0.05) is 38.9 Å². The molecular formula is C21H31N5O2. The Morgan fingerprint density at radius 2 is 2.14 bits per heavy atom. The summed E-state index contributed by atoms with van der Waals surface area (Å²) in [7, 11) is 3.75. The van der Waals surface area contributed by atoms with Crippen LogP contribution >= 0.6 is 0 Å². The molecule has 1 unspecified atom stereocenters. The van der Waals surface area contributed by atoms with E-state index in [9.17, 15) is 0 Å². The third kappa shape index (κ3) is 5.73. The molecule has 1 fully saturated rings. The summed E-state index contributed by atoms with van der Waals surface area (Å²) in [4.78, 5) is 6.70. The molecule has 152 valence electrons. The van der Waals surface area contributed by atoms with Crippen LogP contribution in [0.2, 0.25) is 0 Å². The van der Waals surface area contributed by atoms with Crippen LogP contribution in [-0.2, 0) is 11.8 Å². The van der Waals surface area contributed by atoms with Gasteiger partial charge < -0.3 is 19.7 Å². The summed E-state index contributed by atoms with van der Waals surface area (Å²) in [5.41, 5.74) is 2.35. The Bertz CT molecular complexity index is 756. The van der Waals surface area contributed by atoms with Gasteiger partial charge in [0.1, 0.15) is 11.9 Å². The van der Waals surface area contributed by atoms with Crippen molar-refractivity contribution in [3.8, 4) is 5.75 Å². The fourth-order valence-electron chi connectivity index (χ4n) is 3.23. The highest BCUT2D eigenvalue weighted by atomic mass is 16.5. The second kappa shape index (κ2) is 10.1. The third-order valence-electron chi connectivity index (χ3n) is 4.82. The smallest absolute Gasteiger partial charge is 0.193 e. The van der Waals surface area contributed by atoms with Crippen molar-refractivity contribution in [2.75, 3.05) is 39.9 Å². The van der Waals surface area contributed by atoms with Gasteiger partial charge in [-0.15, -0.1) is 0 Å². The topological polar surface area (TPSA) is 63.9 Å². The van der Waals surface area contributed by atoms with E-state index in [1.807, 2.05) is 43.3 Å². The molecule has 1 aliphatic heterocycles. The molecular weight excluding hydrogens is 354 g/mol. The van der Waals surface area contributed by atoms with E-state index >= 15 is 0 Å². The minimum Gasteiger partial charge on any atom is -0.494 e. The molecule has 28 heavy (non-hydrogen) atoms. The SMILES string of the molecule is CN=C(NCCCCOc1ccc(C)cc1)N1CCOC(c2cnn(C)c2)C1. The second-order valence-corrected chi connectivity index (χ2v) is 7.10. The van der Waals surface area contributed by atoms with Crippen molar-refractivity contribution in [2.24, 2.45) is 12.0 Å². The van der Waals surface area contributed by atoms with Gasteiger partial charge in [-0.3, -0.25) is 9.67 Å². The fraction of sp³-hybridized carbons (Fsp3) is 0.524. The first-order valence-electron chi connectivity index (χ1n) is 9.91. The van der Waals surface area contributed by atoms with Crippen molar-refractivity contribution >= 4 is 5.96 Å². The van der Waals surface area contributed by atoms with Crippen molar-refractivity contribution in [3.63, 3.8) is 0 Å². The molecule has 3 rings (SSSR count). The van der Waals surface area contributed by atoms with Crippen LogP contribution < -0.4 is 10.1 Å². The van der Waals surface area contributed by atoms with Crippen molar-refractivity contribution in [1.82, 2.24) is 20.0 Å². The van der Waals surface area contributed by atoms with E-state index < -0.39 is 0 Å². The number of ether oxygens (including phenoxy) is 2. The number of hydrogen-bond donors (Lipinski definition) is 1. The van der Waals surface area contributed by atoms with Crippen LogP contribution in [-0.4, -0.2) is 60.5 Å². The first kappa shape index (κ1) is 20.2. The van der Waals surface area contributed by atoms with Gasteiger partial charge in [-0.1, -0.05) is 17.7 Å². The first-order chi connectivity index (χ1) is 13.7. The first-order valence-corrected chi connectivity index (χ1v) is 9.91. The summed E-state index contributed by atoms with van der Waals surface area (Å²) in [6.07, 6.45) is 5.95. The molecule has 0 saturated carbocycles. The van der Waals surface area contributed by atoms with Gasteiger partial charge in [0.2, 0.25) is 0 Å². The molecule has 7 heteroatoms. The Balaban J connectivity index is 1.37. The number of hydrogen-bond acceptors (Lipinski definition) is 4. The lowest BCUT2D eigenvalue weighted by atomic mass is 10.1. The number of rotatable bonds is 7. The lowest BCUT2D eigenvalue weighted by Crippen LogP contribution is -2.48. The highest BCUT2D eigenvalue weighted by Crippen LogP contribution is 2.21. The minimum absolute atomic E-state index is 0.0314. The maximum absolute atomic E-state index is 5.91. The lowest BCUT2D eigenvalue weighted by molar-refractivity contribution is -0.00802. The van der Waals surface area contributed by atoms with E-state index in [1.54, 1.807) is 0 Å². The number of nitrogens with zero attached hydrogens (tertiary/aromatic N) is 4. The standard InChI is InChI=1S/C21H31N5O2/c1-17-6-8-19(9-7-17)27-12-5-4-10-23-21(22-2)26-11-13-28-20(16-26)18-14-24-25(3)15-18/h6-9,14-15,20H,4-5,10-13,16H2,1-3H3,(H,22,23). The molecule has 1 atom stereocenters. The van der Waals surface area contributed by atoms with Crippen LogP contribution in [0.1, 0.15) is 30.1 Å². The third-order valence-corrected chi connectivity index (χ3v) is 4.82. The van der Waals surface area contributed by atoms with Gasteiger partial charge >= 0.3 is 0 Å². The summed E-state index contributed by atoms with van der Waals surface area (Å²) in [5, 5.41) is 7.71. The number of aryl methyl sites for hydroxylation is 2. The van der Waals surface area contributed by atoms with Gasteiger partial charge in [-0.2, -0.15) is 5.10 Å². The number of nitrogens with one attached hydrogen (secondary N) is 1. The predicted octanol–water partition coefficient (Wildman–Crippen LogP) is 2.54. The van der Waals surface area contributed by atoms with Crippen LogP contribution in [0.3, 0.4) is 0 Å². The van der Waals surface area contributed by atoms with Gasteiger partial charge in [0.15, 0.2) is 5.96 Å². The number of aromatic nitrogens is 2. The monoisotopic (exact) mass is 385 g/mol. The van der Waals surface area contributed by atoms with Crippen LogP contribution in [0.25, 0.3) is 0 Å². The molecule has 0 aliphatic carbocycles. The Morgan fingerprint density at radius 1 is 1.32 bits per heavy atom. The number of unbranched alkanes of at least 4 members (excludes halogenated alkanes) is 1. The molecule has 0 radical (unpaired) electrons.